The molecular weight excluding hydrogens is 418 g/mol. The van der Waals surface area contributed by atoms with Gasteiger partial charge in [0.05, 0.1) is 11.4 Å². The lowest BCUT2D eigenvalue weighted by molar-refractivity contribution is 0.260. The number of fused-ring (bicyclic) bond motifs is 2. The van der Waals surface area contributed by atoms with Crippen LogP contribution >= 0.6 is 36.4 Å². The van der Waals surface area contributed by atoms with E-state index in [-0.39, 0.29) is 12.4 Å². The average Bonchev–Trinajstić information content (AvgIpc) is 2.69. The van der Waals surface area contributed by atoms with Gasteiger partial charge >= 0.3 is 0 Å². The zero-order valence-corrected chi connectivity index (χ0v) is 20.4. The molecule has 0 fully saturated rings. The van der Waals surface area contributed by atoms with Gasteiger partial charge in [-0.1, -0.05) is 49.1 Å². The van der Waals surface area contributed by atoms with Gasteiger partial charge in [0.2, 0.25) is 0 Å². The van der Waals surface area contributed by atoms with Crippen molar-refractivity contribution in [1.29, 1.82) is 0 Å². The van der Waals surface area contributed by atoms with Crippen molar-refractivity contribution in [3.63, 3.8) is 0 Å². The first-order chi connectivity index (χ1) is 13.4. The largest absolute Gasteiger partial charge is 0.376 e. The third-order valence-corrected chi connectivity index (χ3v) is 6.75. The number of hydrogen-bond acceptors (Lipinski definition) is 4. The number of rotatable bonds is 7. The molecule has 1 atom stereocenters. The Hall–Kier alpha value is -1.27. The van der Waals surface area contributed by atoms with Gasteiger partial charge in [0.1, 0.15) is 4.99 Å². The maximum atomic E-state index is 5.63. The Bertz CT molecular complexity index is 841. The molecule has 1 N–H and O–H groups in total. The summed E-state index contributed by atoms with van der Waals surface area (Å²) >= 11 is 7.48. The molecule has 1 unspecified atom stereocenters. The zero-order valence-electron chi connectivity index (χ0n) is 17.9. The lowest BCUT2D eigenvalue weighted by atomic mass is 10.1. The Morgan fingerprint density at radius 3 is 2.48 bits per heavy atom. The third-order valence-electron chi connectivity index (χ3n) is 5.24. The molecule has 6 heteroatoms. The number of nitrogens with one attached hydrogen (secondary N) is 1. The van der Waals surface area contributed by atoms with Crippen LogP contribution in [0.5, 0.6) is 0 Å². The summed E-state index contributed by atoms with van der Waals surface area (Å²) in [5.74, 6) is 0. The Morgan fingerprint density at radius 2 is 1.79 bits per heavy atom. The first-order valence-electron chi connectivity index (χ1n) is 10.1. The number of anilines is 2. The molecule has 0 amide bonds. The lowest BCUT2D eigenvalue weighted by Gasteiger charge is -2.39. The Morgan fingerprint density at radius 1 is 1.10 bits per heavy atom. The average molecular weight is 450 g/mol. The number of benzene rings is 2. The molecule has 0 saturated carbocycles. The highest BCUT2D eigenvalue weighted by Crippen LogP contribution is 2.49. The number of nitrogens with zero attached hydrogens (tertiary/aromatic N) is 2. The molecule has 0 spiro atoms. The molecule has 0 aromatic heterocycles. The van der Waals surface area contributed by atoms with Crippen molar-refractivity contribution in [3.05, 3.63) is 48.0 Å². The van der Waals surface area contributed by atoms with Crippen molar-refractivity contribution in [2.24, 2.45) is 0 Å². The van der Waals surface area contributed by atoms with Crippen LogP contribution in [-0.2, 0) is 0 Å². The van der Waals surface area contributed by atoms with Crippen molar-refractivity contribution in [3.8, 4) is 0 Å². The first-order valence-corrected chi connectivity index (χ1v) is 11.3. The van der Waals surface area contributed by atoms with E-state index in [0.29, 0.717) is 12.1 Å². The summed E-state index contributed by atoms with van der Waals surface area (Å²) in [6.45, 7) is 10.9. The summed E-state index contributed by atoms with van der Waals surface area (Å²) in [6, 6.07) is 16.2. The summed E-state index contributed by atoms with van der Waals surface area (Å²) in [5.41, 5.74) is 3.64. The number of halogens is 1. The number of hydrogen-bond donors (Lipinski definition) is 1. The summed E-state index contributed by atoms with van der Waals surface area (Å²) < 4.78 is 0. The van der Waals surface area contributed by atoms with Gasteiger partial charge in [-0.05, 0) is 58.5 Å². The fourth-order valence-corrected chi connectivity index (χ4v) is 4.73. The molecular formula is C23H32ClN3S2. The van der Waals surface area contributed by atoms with Gasteiger partial charge < -0.3 is 15.1 Å². The molecule has 1 heterocycles. The van der Waals surface area contributed by atoms with Crippen molar-refractivity contribution < 1.29 is 0 Å². The Balaban J connectivity index is 0.00000300. The van der Waals surface area contributed by atoms with Crippen molar-refractivity contribution in [2.45, 2.75) is 56.0 Å². The SMILES string of the molecule is CCCNC(=S)c1ccc2c(c1)N(C(C)CN(C)C(C)C)c1ccccc1S2.Cl. The minimum absolute atomic E-state index is 0. The lowest BCUT2D eigenvalue weighted by Crippen LogP contribution is -2.42. The van der Waals surface area contributed by atoms with E-state index in [1.54, 1.807) is 0 Å². The van der Waals surface area contributed by atoms with E-state index in [4.69, 9.17) is 12.2 Å². The first kappa shape index (κ1) is 24.0. The zero-order chi connectivity index (χ0) is 20.3. The highest BCUT2D eigenvalue weighted by atomic mass is 35.5. The van der Waals surface area contributed by atoms with E-state index < -0.39 is 0 Å². The van der Waals surface area contributed by atoms with Crippen LogP contribution in [0.2, 0.25) is 0 Å². The normalized spacial score (nSPS) is 13.6. The van der Waals surface area contributed by atoms with Gasteiger partial charge in [-0.25, -0.2) is 0 Å². The quantitative estimate of drug-likeness (QED) is 0.512. The molecule has 0 saturated heterocycles. The second-order valence-electron chi connectivity index (χ2n) is 7.76. The van der Waals surface area contributed by atoms with Crippen LogP contribution in [0, 0.1) is 0 Å². The second-order valence-corrected chi connectivity index (χ2v) is 9.25. The van der Waals surface area contributed by atoms with Crippen LogP contribution in [0.25, 0.3) is 0 Å². The molecule has 1 aliphatic heterocycles. The fraction of sp³-hybridized carbons (Fsp3) is 0.435. The van der Waals surface area contributed by atoms with E-state index in [0.717, 1.165) is 30.1 Å². The van der Waals surface area contributed by atoms with Crippen molar-refractivity contribution >= 4 is 52.8 Å². The molecule has 29 heavy (non-hydrogen) atoms. The molecule has 0 radical (unpaired) electrons. The van der Waals surface area contributed by atoms with E-state index in [2.05, 4.69) is 92.3 Å². The minimum atomic E-state index is 0. The highest BCUT2D eigenvalue weighted by Gasteiger charge is 2.28. The molecule has 2 aromatic rings. The highest BCUT2D eigenvalue weighted by molar-refractivity contribution is 7.99. The van der Waals surface area contributed by atoms with E-state index in [9.17, 15) is 0 Å². The molecule has 3 nitrogen and oxygen atoms in total. The molecule has 3 rings (SSSR count). The van der Waals surface area contributed by atoms with Crippen LogP contribution in [0.15, 0.2) is 52.3 Å². The van der Waals surface area contributed by atoms with Crippen LogP contribution < -0.4 is 10.2 Å². The van der Waals surface area contributed by atoms with Crippen molar-refractivity contribution in [2.75, 3.05) is 25.0 Å². The molecule has 1 aliphatic rings. The summed E-state index contributed by atoms with van der Waals surface area (Å²) in [6.07, 6.45) is 1.07. The minimum Gasteiger partial charge on any atom is -0.376 e. The van der Waals surface area contributed by atoms with Gasteiger partial charge in [-0.3, -0.25) is 0 Å². The molecule has 0 bridgehead atoms. The maximum Gasteiger partial charge on any atom is 0.106 e. The number of para-hydroxylation sites is 1. The second kappa shape index (κ2) is 10.7. The Labute approximate surface area is 191 Å². The maximum absolute atomic E-state index is 5.63. The van der Waals surface area contributed by atoms with Crippen LogP contribution in [0.3, 0.4) is 0 Å². The van der Waals surface area contributed by atoms with E-state index >= 15 is 0 Å². The molecule has 158 valence electrons. The predicted octanol–water partition coefficient (Wildman–Crippen LogP) is 6.11. The smallest absolute Gasteiger partial charge is 0.106 e. The van der Waals surface area contributed by atoms with Gasteiger partial charge in [0, 0.05) is 40.5 Å². The standard InChI is InChI=1S/C23H31N3S2.ClH/c1-6-13-24-23(27)18-11-12-22-20(14-18)26(17(4)15-25(5)16(2)3)19-9-7-8-10-21(19)28-22;/h7-12,14,16-17H,6,13,15H2,1-5H3,(H,24,27);1H. The number of likely N-dealkylation sites (N-methyl/N-ethyl adjacent to an activating group) is 1. The topological polar surface area (TPSA) is 18.5 Å². The van der Waals surface area contributed by atoms with E-state index in [1.807, 2.05) is 11.8 Å². The predicted molar refractivity (Wildman–Crippen MR) is 134 cm³/mol. The fourth-order valence-electron chi connectivity index (χ4n) is 3.45. The van der Waals surface area contributed by atoms with Gasteiger partial charge in [-0.15, -0.1) is 12.4 Å². The Kier molecular flexibility index (Phi) is 8.83. The van der Waals surface area contributed by atoms with Gasteiger partial charge in [-0.2, -0.15) is 0 Å². The van der Waals surface area contributed by atoms with Crippen molar-refractivity contribution in [1.82, 2.24) is 10.2 Å². The van der Waals surface area contributed by atoms with E-state index in [1.165, 1.54) is 21.2 Å². The van der Waals surface area contributed by atoms with Gasteiger partial charge in [0.15, 0.2) is 0 Å². The summed E-state index contributed by atoms with van der Waals surface area (Å²) in [4.78, 5) is 8.34. The molecule has 2 aromatic carbocycles. The molecule has 0 aliphatic carbocycles. The summed E-state index contributed by atoms with van der Waals surface area (Å²) in [7, 11) is 2.20. The summed E-state index contributed by atoms with van der Waals surface area (Å²) in [5, 5.41) is 3.36. The third kappa shape index (κ3) is 5.46. The van der Waals surface area contributed by atoms with Crippen LogP contribution in [0.4, 0.5) is 11.4 Å². The van der Waals surface area contributed by atoms with Crippen LogP contribution in [0.1, 0.15) is 39.7 Å². The monoisotopic (exact) mass is 449 g/mol. The van der Waals surface area contributed by atoms with Gasteiger partial charge in [0.25, 0.3) is 0 Å². The van der Waals surface area contributed by atoms with Crippen LogP contribution in [-0.4, -0.2) is 42.1 Å². The number of thiocarbonyl (C=S) groups is 1.